The molecular formula is C9H13ClN2O3. The van der Waals surface area contributed by atoms with Gasteiger partial charge in [-0.05, 0) is 0 Å². The zero-order valence-corrected chi connectivity index (χ0v) is 8.96. The van der Waals surface area contributed by atoms with E-state index in [1.807, 2.05) is 0 Å². The molecule has 0 unspecified atom stereocenters. The Morgan fingerprint density at radius 2 is 2.13 bits per heavy atom. The summed E-state index contributed by atoms with van der Waals surface area (Å²) in [7, 11) is 0. The lowest BCUT2D eigenvalue weighted by Gasteiger charge is -2.19. The summed E-state index contributed by atoms with van der Waals surface area (Å²) in [4.78, 5) is 22.9. The molecule has 0 fully saturated rings. The van der Waals surface area contributed by atoms with E-state index >= 15 is 0 Å². The van der Waals surface area contributed by atoms with Gasteiger partial charge in [-0.25, -0.2) is 4.79 Å². The van der Waals surface area contributed by atoms with Crippen molar-refractivity contribution in [1.29, 1.82) is 0 Å². The van der Waals surface area contributed by atoms with E-state index in [0.29, 0.717) is 0 Å². The molecule has 15 heavy (non-hydrogen) atoms. The highest BCUT2D eigenvalue weighted by atomic mass is 35.5. The number of rotatable bonds is 6. The molecule has 0 atom stereocenters. The van der Waals surface area contributed by atoms with Crippen LogP contribution in [0.2, 0.25) is 0 Å². The molecule has 0 aliphatic carbocycles. The van der Waals surface area contributed by atoms with Crippen molar-refractivity contribution in [2.45, 2.75) is 0 Å². The number of nitrogens with zero attached hydrogens (tertiary/aromatic N) is 1. The van der Waals surface area contributed by atoms with E-state index in [0.717, 1.165) is 4.90 Å². The monoisotopic (exact) mass is 232 g/mol. The van der Waals surface area contributed by atoms with E-state index in [-0.39, 0.29) is 24.7 Å². The fraction of sp³-hybridized carbons (Fsp3) is 0.333. The molecule has 0 aromatic heterocycles. The van der Waals surface area contributed by atoms with Crippen molar-refractivity contribution in [3.05, 3.63) is 24.3 Å². The standard InChI is InChI=1S/C9H13ClN2O3/c1-3-4-12(6-8(13)14)9(15)11-5-7(2)10/h3H,1-2,4-6H2,(H,11,15)(H,13,14). The largest absolute Gasteiger partial charge is 0.480 e. The number of carboxylic acid groups (broad SMARTS) is 1. The molecule has 5 nitrogen and oxygen atoms in total. The van der Waals surface area contributed by atoms with Crippen molar-refractivity contribution in [3.8, 4) is 0 Å². The predicted octanol–water partition coefficient (Wildman–Crippen LogP) is 1.02. The molecule has 0 spiro atoms. The number of hydrogen-bond acceptors (Lipinski definition) is 2. The van der Waals surface area contributed by atoms with Crippen LogP contribution >= 0.6 is 11.6 Å². The molecule has 0 aromatic rings. The van der Waals surface area contributed by atoms with Crippen molar-refractivity contribution in [1.82, 2.24) is 10.2 Å². The first-order valence-electron chi connectivity index (χ1n) is 4.16. The zero-order chi connectivity index (χ0) is 11.8. The van der Waals surface area contributed by atoms with Crippen molar-refractivity contribution in [3.63, 3.8) is 0 Å². The summed E-state index contributed by atoms with van der Waals surface area (Å²) in [6.45, 7) is 6.70. The van der Waals surface area contributed by atoms with E-state index in [1.54, 1.807) is 0 Å². The van der Waals surface area contributed by atoms with Crippen molar-refractivity contribution in [2.24, 2.45) is 0 Å². The number of carboxylic acids is 1. The summed E-state index contributed by atoms with van der Waals surface area (Å²) in [5, 5.41) is 11.2. The summed E-state index contributed by atoms with van der Waals surface area (Å²) >= 11 is 5.45. The molecule has 0 radical (unpaired) electrons. The Morgan fingerprint density at radius 1 is 1.53 bits per heavy atom. The first-order chi connectivity index (χ1) is 6.97. The minimum absolute atomic E-state index is 0.105. The van der Waals surface area contributed by atoms with Crippen LogP contribution < -0.4 is 5.32 Å². The molecule has 6 heteroatoms. The van der Waals surface area contributed by atoms with Crippen LogP contribution in [0.15, 0.2) is 24.3 Å². The summed E-state index contributed by atoms with van der Waals surface area (Å²) in [5.74, 6) is -1.09. The average Bonchev–Trinajstić information content (AvgIpc) is 2.12. The van der Waals surface area contributed by atoms with Crippen molar-refractivity contribution < 1.29 is 14.7 Å². The quantitative estimate of drug-likeness (QED) is 0.672. The first-order valence-corrected chi connectivity index (χ1v) is 4.54. The van der Waals surface area contributed by atoms with Gasteiger partial charge in [-0.2, -0.15) is 0 Å². The van der Waals surface area contributed by atoms with Gasteiger partial charge in [0.25, 0.3) is 0 Å². The molecule has 0 aromatic carbocycles. The highest BCUT2D eigenvalue weighted by molar-refractivity contribution is 6.29. The molecule has 0 bridgehead atoms. The van der Waals surface area contributed by atoms with E-state index < -0.39 is 12.0 Å². The number of aliphatic carboxylic acids is 1. The maximum absolute atomic E-state index is 11.4. The smallest absolute Gasteiger partial charge is 0.323 e. The van der Waals surface area contributed by atoms with Gasteiger partial charge in [0.2, 0.25) is 0 Å². The Balaban J connectivity index is 4.21. The Morgan fingerprint density at radius 3 is 2.53 bits per heavy atom. The van der Waals surface area contributed by atoms with Crippen LogP contribution in [0.4, 0.5) is 4.79 Å². The van der Waals surface area contributed by atoms with E-state index in [2.05, 4.69) is 18.5 Å². The molecule has 0 aliphatic heterocycles. The van der Waals surface area contributed by atoms with Gasteiger partial charge in [0.1, 0.15) is 6.54 Å². The maximum Gasteiger partial charge on any atom is 0.323 e. The zero-order valence-electron chi connectivity index (χ0n) is 8.20. The Kier molecular flexibility index (Phi) is 6.21. The Bertz CT molecular complexity index is 279. The lowest BCUT2D eigenvalue weighted by molar-refractivity contribution is -0.137. The maximum atomic E-state index is 11.4. The van der Waals surface area contributed by atoms with Gasteiger partial charge < -0.3 is 15.3 Å². The SMILES string of the molecule is C=CCN(CC(=O)O)C(=O)NCC(=C)Cl. The molecule has 2 amide bonds. The second-order valence-electron chi connectivity index (χ2n) is 2.74. The highest BCUT2D eigenvalue weighted by Crippen LogP contribution is 1.95. The first kappa shape index (κ1) is 13.5. The number of nitrogens with one attached hydrogen (secondary N) is 1. The third-order valence-corrected chi connectivity index (χ3v) is 1.53. The number of carbonyl (C=O) groups is 2. The molecule has 0 aliphatic rings. The van der Waals surface area contributed by atoms with Crippen LogP contribution in [-0.4, -0.2) is 41.6 Å². The number of amides is 2. The fourth-order valence-electron chi connectivity index (χ4n) is 0.822. The van der Waals surface area contributed by atoms with Crippen molar-refractivity contribution >= 4 is 23.6 Å². The van der Waals surface area contributed by atoms with Gasteiger partial charge in [-0.3, -0.25) is 4.79 Å². The summed E-state index contributed by atoms with van der Waals surface area (Å²) in [6, 6.07) is -0.515. The average molecular weight is 233 g/mol. The van der Waals surface area contributed by atoms with E-state index in [9.17, 15) is 9.59 Å². The summed E-state index contributed by atoms with van der Waals surface area (Å²) in [5.41, 5.74) is 0. The third kappa shape index (κ3) is 6.56. The van der Waals surface area contributed by atoms with Crippen LogP contribution in [0.1, 0.15) is 0 Å². The van der Waals surface area contributed by atoms with E-state index in [4.69, 9.17) is 16.7 Å². The Hall–Kier alpha value is -1.49. The normalized spacial score (nSPS) is 9.13. The molecule has 0 heterocycles. The number of carbonyl (C=O) groups excluding carboxylic acids is 1. The second kappa shape index (κ2) is 6.89. The molecule has 2 N–H and O–H groups in total. The molecule has 0 saturated heterocycles. The minimum atomic E-state index is -1.09. The lowest BCUT2D eigenvalue weighted by Crippen LogP contribution is -2.43. The van der Waals surface area contributed by atoms with Crippen LogP contribution in [0, 0.1) is 0 Å². The number of urea groups is 1. The second-order valence-corrected chi connectivity index (χ2v) is 3.27. The van der Waals surface area contributed by atoms with Crippen LogP contribution in [-0.2, 0) is 4.79 Å². The molecular weight excluding hydrogens is 220 g/mol. The third-order valence-electron chi connectivity index (χ3n) is 1.39. The summed E-state index contributed by atoms with van der Waals surface area (Å²) < 4.78 is 0. The summed E-state index contributed by atoms with van der Waals surface area (Å²) in [6.07, 6.45) is 1.44. The van der Waals surface area contributed by atoms with Gasteiger partial charge in [0.15, 0.2) is 0 Å². The van der Waals surface area contributed by atoms with Gasteiger partial charge in [-0.15, -0.1) is 6.58 Å². The van der Waals surface area contributed by atoms with Crippen LogP contribution in [0.3, 0.4) is 0 Å². The lowest BCUT2D eigenvalue weighted by atomic mass is 10.4. The van der Waals surface area contributed by atoms with Gasteiger partial charge in [-0.1, -0.05) is 24.3 Å². The fourth-order valence-corrected chi connectivity index (χ4v) is 0.889. The molecule has 0 saturated carbocycles. The van der Waals surface area contributed by atoms with Crippen molar-refractivity contribution in [2.75, 3.05) is 19.6 Å². The van der Waals surface area contributed by atoms with Crippen LogP contribution in [0.5, 0.6) is 0 Å². The Labute approximate surface area is 93.0 Å². The predicted molar refractivity (Wildman–Crippen MR) is 57.8 cm³/mol. The minimum Gasteiger partial charge on any atom is -0.480 e. The van der Waals surface area contributed by atoms with E-state index in [1.165, 1.54) is 6.08 Å². The molecule has 84 valence electrons. The number of halogens is 1. The van der Waals surface area contributed by atoms with Crippen LogP contribution in [0.25, 0.3) is 0 Å². The molecule has 0 rings (SSSR count). The van der Waals surface area contributed by atoms with Gasteiger partial charge in [0, 0.05) is 11.6 Å². The van der Waals surface area contributed by atoms with Gasteiger partial charge in [0.05, 0.1) is 6.54 Å². The highest BCUT2D eigenvalue weighted by Gasteiger charge is 2.14. The van der Waals surface area contributed by atoms with Gasteiger partial charge >= 0.3 is 12.0 Å². The topological polar surface area (TPSA) is 69.6 Å². The number of hydrogen-bond donors (Lipinski definition) is 2.